The quantitative estimate of drug-likeness (QED) is 0.636. The highest BCUT2D eigenvalue weighted by molar-refractivity contribution is 7.81. The van der Waals surface area contributed by atoms with E-state index in [1.807, 2.05) is 36.4 Å². The summed E-state index contributed by atoms with van der Waals surface area (Å²) in [5.74, 6) is 0.480. The number of thiol groups is 1. The maximum atomic E-state index is 9.74. The van der Waals surface area contributed by atoms with Gasteiger partial charge in [-0.1, -0.05) is 36.4 Å². The molecule has 1 nitrogen and oxygen atoms in total. The molecule has 0 spiro atoms. The van der Waals surface area contributed by atoms with Gasteiger partial charge in [-0.15, -0.1) is 0 Å². The van der Waals surface area contributed by atoms with E-state index >= 15 is 0 Å². The van der Waals surface area contributed by atoms with Crippen molar-refractivity contribution in [3.05, 3.63) is 36.4 Å². The summed E-state index contributed by atoms with van der Waals surface area (Å²) in [4.78, 5) is 9.74. The summed E-state index contributed by atoms with van der Waals surface area (Å²) in [5, 5.41) is 0. The second-order valence-electron chi connectivity index (χ2n) is 2.01. The number of rotatable bonds is 1. The minimum absolute atomic E-state index is 0.119. The lowest BCUT2D eigenvalue weighted by Crippen LogP contribution is -1.86. The van der Waals surface area contributed by atoms with Crippen molar-refractivity contribution in [3.63, 3.8) is 0 Å². The molecule has 0 aromatic heterocycles. The first-order valence-corrected chi connectivity index (χ1v) is 4.01. The van der Waals surface area contributed by atoms with E-state index in [4.69, 9.17) is 0 Å². The van der Waals surface area contributed by atoms with Crippen molar-refractivity contribution in [1.29, 1.82) is 0 Å². The highest BCUT2D eigenvalue weighted by Gasteiger charge is 1.77. The van der Waals surface area contributed by atoms with Gasteiger partial charge in [0.25, 0.3) is 0 Å². The molecule has 0 unspecified atom stereocenters. The lowest BCUT2D eigenvalue weighted by molar-refractivity contribution is -0.114. The van der Waals surface area contributed by atoms with Crippen LogP contribution in [-0.2, 0) is 4.79 Å². The number of Topliss-reactive ketones (excluding diaryl/α,β-unsaturated/α-hetero) is 1. The van der Waals surface area contributed by atoms with Gasteiger partial charge in [0, 0.05) is 5.75 Å². The Kier molecular flexibility index (Phi) is 6.84. The molecule has 0 N–H and O–H groups in total. The lowest BCUT2D eigenvalue weighted by Gasteiger charge is -1.71. The Morgan fingerprint density at radius 2 is 1.27 bits per heavy atom. The highest BCUT2D eigenvalue weighted by Crippen LogP contribution is 1.79. The molecule has 11 heavy (non-hydrogen) atoms. The van der Waals surface area contributed by atoms with Crippen LogP contribution < -0.4 is 0 Å². The average Bonchev–Trinajstić information content (AvgIpc) is 2.09. The van der Waals surface area contributed by atoms with E-state index in [-0.39, 0.29) is 5.78 Å². The van der Waals surface area contributed by atoms with E-state index in [1.165, 1.54) is 6.92 Å². The van der Waals surface area contributed by atoms with Crippen LogP contribution in [0, 0.1) is 0 Å². The van der Waals surface area contributed by atoms with Gasteiger partial charge >= 0.3 is 0 Å². The number of benzene rings is 1. The van der Waals surface area contributed by atoms with Gasteiger partial charge in [-0.3, -0.25) is 4.79 Å². The number of carbonyl (C=O) groups excluding carboxylic acids is 1. The van der Waals surface area contributed by atoms with Crippen LogP contribution in [0.25, 0.3) is 0 Å². The minimum atomic E-state index is 0.119. The third-order valence-electron chi connectivity index (χ3n) is 0.889. The minimum Gasteiger partial charge on any atom is -0.299 e. The molecule has 0 aliphatic carbocycles. The zero-order valence-electron chi connectivity index (χ0n) is 6.53. The summed E-state index contributed by atoms with van der Waals surface area (Å²) in [6.45, 7) is 1.51. The number of hydrogen-bond acceptors (Lipinski definition) is 2. The van der Waals surface area contributed by atoms with Gasteiger partial charge < -0.3 is 0 Å². The van der Waals surface area contributed by atoms with Gasteiger partial charge in [0.15, 0.2) is 0 Å². The van der Waals surface area contributed by atoms with Gasteiger partial charge in [-0.05, 0) is 6.92 Å². The summed E-state index contributed by atoms with van der Waals surface area (Å²) in [6.07, 6.45) is 0. The smallest absolute Gasteiger partial charge is 0.139 e. The Balaban J connectivity index is 0.000000187. The van der Waals surface area contributed by atoms with Crippen molar-refractivity contribution in [2.75, 3.05) is 5.75 Å². The van der Waals surface area contributed by atoms with Crippen molar-refractivity contribution < 1.29 is 4.79 Å². The SMILES string of the molecule is CC(=O)CS.c1ccccc1. The van der Waals surface area contributed by atoms with Crippen LogP contribution >= 0.6 is 12.6 Å². The fraction of sp³-hybridized carbons (Fsp3) is 0.222. The van der Waals surface area contributed by atoms with Gasteiger partial charge in [-0.25, -0.2) is 0 Å². The lowest BCUT2D eigenvalue weighted by atomic mass is 10.4. The third-order valence-corrected chi connectivity index (χ3v) is 1.33. The Morgan fingerprint density at radius 1 is 1.09 bits per heavy atom. The predicted molar refractivity (Wildman–Crippen MR) is 51.0 cm³/mol. The molecule has 2 heteroatoms. The Morgan fingerprint density at radius 3 is 1.36 bits per heavy atom. The molecular formula is C9H12OS. The summed E-state index contributed by atoms with van der Waals surface area (Å²) in [7, 11) is 0. The molecule has 0 saturated carbocycles. The van der Waals surface area contributed by atoms with Crippen LogP contribution in [-0.4, -0.2) is 11.5 Å². The monoisotopic (exact) mass is 168 g/mol. The summed E-state index contributed by atoms with van der Waals surface area (Å²) in [6, 6.07) is 12.0. The Labute approximate surface area is 72.8 Å². The zero-order chi connectivity index (χ0) is 8.53. The van der Waals surface area contributed by atoms with Gasteiger partial charge in [0.1, 0.15) is 5.78 Å². The van der Waals surface area contributed by atoms with Crippen molar-refractivity contribution in [2.24, 2.45) is 0 Å². The largest absolute Gasteiger partial charge is 0.299 e. The maximum Gasteiger partial charge on any atom is 0.139 e. The molecule has 0 fully saturated rings. The molecule has 0 bridgehead atoms. The zero-order valence-corrected chi connectivity index (χ0v) is 7.42. The average molecular weight is 168 g/mol. The van der Waals surface area contributed by atoms with Gasteiger partial charge in [-0.2, -0.15) is 12.6 Å². The van der Waals surface area contributed by atoms with Crippen LogP contribution in [0.2, 0.25) is 0 Å². The number of carbonyl (C=O) groups is 1. The second-order valence-corrected chi connectivity index (χ2v) is 2.33. The normalized spacial score (nSPS) is 7.82. The Bertz CT molecular complexity index is 157. The maximum absolute atomic E-state index is 9.74. The number of hydrogen-bond donors (Lipinski definition) is 1. The van der Waals surface area contributed by atoms with E-state index in [1.54, 1.807) is 0 Å². The summed E-state index contributed by atoms with van der Waals surface area (Å²) in [5.41, 5.74) is 0. The number of ketones is 1. The molecule has 0 aliphatic rings. The molecular weight excluding hydrogens is 156 g/mol. The van der Waals surface area contributed by atoms with Crippen LogP contribution in [0.3, 0.4) is 0 Å². The molecule has 1 rings (SSSR count). The molecule has 0 radical (unpaired) electrons. The van der Waals surface area contributed by atoms with E-state index in [0.29, 0.717) is 5.75 Å². The second kappa shape index (κ2) is 7.35. The van der Waals surface area contributed by atoms with Gasteiger partial charge in [0.2, 0.25) is 0 Å². The molecule has 1 aromatic rings. The molecule has 0 atom stereocenters. The fourth-order valence-electron chi connectivity index (χ4n) is 0.385. The van der Waals surface area contributed by atoms with E-state index in [2.05, 4.69) is 12.6 Å². The van der Waals surface area contributed by atoms with E-state index in [0.717, 1.165) is 0 Å². The molecule has 0 saturated heterocycles. The molecule has 60 valence electrons. The fourth-order valence-corrected chi connectivity index (χ4v) is 0.385. The molecule has 0 amide bonds. The highest BCUT2D eigenvalue weighted by atomic mass is 32.1. The first kappa shape index (κ1) is 10.2. The van der Waals surface area contributed by atoms with Crippen molar-refractivity contribution in [1.82, 2.24) is 0 Å². The van der Waals surface area contributed by atoms with Gasteiger partial charge in [0.05, 0.1) is 0 Å². The first-order chi connectivity index (χ1) is 5.27. The molecule has 0 aliphatic heterocycles. The van der Waals surface area contributed by atoms with Crippen LogP contribution in [0.15, 0.2) is 36.4 Å². The molecule has 1 aromatic carbocycles. The summed E-state index contributed by atoms with van der Waals surface area (Å²) >= 11 is 3.67. The van der Waals surface area contributed by atoms with Crippen LogP contribution in [0.1, 0.15) is 6.92 Å². The van der Waals surface area contributed by atoms with Crippen molar-refractivity contribution >= 4 is 18.4 Å². The van der Waals surface area contributed by atoms with Crippen LogP contribution in [0.4, 0.5) is 0 Å². The van der Waals surface area contributed by atoms with E-state index < -0.39 is 0 Å². The molecule has 0 heterocycles. The topological polar surface area (TPSA) is 17.1 Å². The first-order valence-electron chi connectivity index (χ1n) is 3.37. The standard InChI is InChI=1S/C6H6.C3H6OS/c1-2-4-6-5-3-1;1-3(4)2-5/h1-6H;5H,2H2,1H3. The van der Waals surface area contributed by atoms with Crippen LogP contribution in [0.5, 0.6) is 0 Å². The van der Waals surface area contributed by atoms with Crippen molar-refractivity contribution in [2.45, 2.75) is 6.92 Å². The predicted octanol–water partition coefficient (Wildman–Crippen LogP) is 2.19. The third kappa shape index (κ3) is 9.24. The van der Waals surface area contributed by atoms with Crippen molar-refractivity contribution in [3.8, 4) is 0 Å². The summed E-state index contributed by atoms with van der Waals surface area (Å²) < 4.78 is 0. The Hall–Kier alpha value is -0.760. The van der Waals surface area contributed by atoms with E-state index in [9.17, 15) is 4.79 Å².